The van der Waals surface area contributed by atoms with E-state index in [9.17, 15) is 0 Å². The van der Waals surface area contributed by atoms with Gasteiger partial charge in [-0.15, -0.1) is 0 Å². The monoisotopic (exact) mass is 373 g/mol. The van der Waals surface area contributed by atoms with Crippen molar-refractivity contribution in [2.75, 3.05) is 20.7 Å². The van der Waals surface area contributed by atoms with E-state index in [4.69, 9.17) is 13.9 Å². The van der Waals surface area contributed by atoms with Crippen molar-refractivity contribution < 1.29 is 13.9 Å². The van der Waals surface area contributed by atoms with Crippen LogP contribution in [-0.2, 0) is 16.3 Å². The van der Waals surface area contributed by atoms with Crippen molar-refractivity contribution in [1.82, 2.24) is 4.90 Å². The lowest BCUT2D eigenvalue weighted by Gasteiger charge is -2.59. The first-order chi connectivity index (χ1) is 12.3. The predicted octanol–water partition coefficient (Wildman–Crippen LogP) is 3.58. The second-order valence-corrected chi connectivity index (χ2v) is 14.1. The summed E-state index contributed by atoms with van der Waals surface area (Å²) in [6.45, 7) is 8.03. The van der Waals surface area contributed by atoms with E-state index in [1.807, 2.05) is 0 Å². The van der Waals surface area contributed by atoms with E-state index in [1.165, 1.54) is 24.0 Å². The Labute approximate surface area is 157 Å². The third-order valence-corrected chi connectivity index (χ3v) is 8.26. The molecule has 1 aromatic rings. The van der Waals surface area contributed by atoms with Crippen LogP contribution in [0.4, 0.5) is 0 Å². The molecule has 2 aliphatic carbocycles. The van der Waals surface area contributed by atoms with Crippen LogP contribution in [0.15, 0.2) is 12.1 Å². The van der Waals surface area contributed by atoms with Gasteiger partial charge in [-0.25, -0.2) is 0 Å². The third-order valence-electron chi connectivity index (χ3n) is 7.25. The molecule has 5 rings (SSSR count). The standard InChI is InChI=1S/C21H31NO3Si/c1-22-11-10-21-14-7-9-17(25-26(3,4)5)20(21)24-19-16(23-2)8-6-13(18(19)21)12-15(14)22/h6,8,14-15,17,20H,7,9-12H2,1-5H3. The van der Waals surface area contributed by atoms with Crippen molar-refractivity contribution in [2.24, 2.45) is 5.92 Å². The molecule has 0 N–H and O–H groups in total. The molecule has 1 aromatic carbocycles. The highest BCUT2D eigenvalue weighted by Gasteiger charge is 2.65. The molecule has 5 unspecified atom stereocenters. The number of methoxy groups -OCH3 is 1. The van der Waals surface area contributed by atoms with Gasteiger partial charge in [0.2, 0.25) is 0 Å². The Hall–Kier alpha value is -1.04. The largest absolute Gasteiger partial charge is 0.493 e. The normalized spacial score (nSPS) is 37.9. The molecule has 2 bridgehead atoms. The summed E-state index contributed by atoms with van der Waals surface area (Å²) in [6.07, 6.45) is 5.05. The van der Waals surface area contributed by atoms with Gasteiger partial charge in [0.05, 0.1) is 13.2 Å². The Bertz CT molecular complexity index is 746. The number of likely N-dealkylation sites (tertiary alicyclic amines) is 1. The topological polar surface area (TPSA) is 30.9 Å². The molecule has 2 aliphatic heterocycles. The Morgan fingerprint density at radius 1 is 1.23 bits per heavy atom. The summed E-state index contributed by atoms with van der Waals surface area (Å²) >= 11 is 0. The minimum absolute atomic E-state index is 0.122. The number of rotatable bonds is 3. The number of benzene rings is 1. The highest BCUT2D eigenvalue weighted by Crippen LogP contribution is 2.64. The van der Waals surface area contributed by atoms with Crippen molar-refractivity contribution in [3.63, 3.8) is 0 Å². The van der Waals surface area contributed by atoms with E-state index in [1.54, 1.807) is 7.11 Å². The number of ether oxygens (including phenoxy) is 2. The van der Waals surface area contributed by atoms with Crippen molar-refractivity contribution in [3.05, 3.63) is 23.3 Å². The van der Waals surface area contributed by atoms with Gasteiger partial charge in [-0.2, -0.15) is 0 Å². The predicted molar refractivity (Wildman–Crippen MR) is 105 cm³/mol. The average Bonchev–Trinajstić information content (AvgIpc) is 2.93. The molecule has 26 heavy (non-hydrogen) atoms. The molecule has 5 heteroatoms. The summed E-state index contributed by atoms with van der Waals surface area (Å²) in [5.74, 6) is 2.60. The maximum absolute atomic E-state index is 6.75. The number of piperidine rings is 1. The van der Waals surface area contributed by atoms with Gasteiger partial charge in [0, 0.05) is 17.0 Å². The minimum atomic E-state index is -1.63. The first-order valence-corrected chi connectivity index (χ1v) is 13.5. The molecule has 1 saturated carbocycles. The molecule has 1 spiro atoms. The minimum Gasteiger partial charge on any atom is -0.493 e. The number of likely N-dealkylation sites (N-methyl/N-ethyl adjacent to an activating group) is 1. The van der Waals surface area contributed by atoms with E-state index in [0.29, 0.717) is 12.0 Å². The summed E-state index contributed by atoms with van der Waals surface area (Å²) in [5.41, 5.74) is 3.07. The maximum atomic E-state index is 6.75. The van der Waals surface area contributed by atoms with E-state index in [2.05, 4.69) is 43.7 Å². The van der Waals surface area contributed by atoms with Crippen LogP contribution < -0.4 is 9.47 Å². The van der Waals surface area contributed by atoms with Gasteiger partial charge in [0.25, 0.3) is 0 Å². The third kappa shape index (κ3) is 2.14. The van der Waals surface area contributed by atoms with Gasteiger partial charge in [-0.1, -0.05) is 6.07 Å². The summed E-state index contributed by atoms with van der Waals surface area (Å²) in [6, 6.07) is 5.03. The first kappa shape index (κ1) is 17.1. The lowest BCUT2D eigenvalue weighted by Crippen LogP contribution is -2.67. The Morgan fingerprint density at radius 3 is 2.77 bits per heavy atom. The van der Waals surface area contributed by atoms with E-state index in [-0.39, 0.29) is 17.6 Å². The Balaban J connectivity index is 1.68. The van der Waals surface area contributed by atoms with Crippen molar-refractivity contribution in [2.45, 2.75) is 69.0 Å². The van der Waals surface area contributed by atoms with Crippen LogP contribution in [0.25, 0.3) is 0 Å². The lowest BCUT2D eigenvalue weighted by molar-refractivity contribution is -0.0936. The quantitative estimate of drug-likeness (QED) is 0.758. The molecule has 4 nitrogen and oxygen atoms in total. The molecule has 0 radical (unpaired) electrons. The van der Waals surface area contributed by atoms with Crippen molar-refractivity contribution in [3.8, 4) is 11.5 Å². The molecular weight excluding hydrogens is 342 g/mol. The van der Waals surface area contributed by atoms with Crippen molar-refractivity contribution in [1.29, 1.82) is 0 Å². The zero-order chi connectivity index (χ0) is 18.3. The zero-order valence-electron chi connectivity index (χ0n) is 16.7. The van der Waals surface area contributed by atoms with Gasteiger partial charge in [-0.3, -0.25) is 0 Å². The fourth-order valence-corrected chi connectivity index (χ4v) is 7.56. The van der Waals surface area contributed by atoms with Crippen LogP contribution >= 0.6 is 0 Å². The average molecular weight is 374 g/mol. The second-order valence-electron chi connectivity index (χ2n) is 9.66. The Morgan fingerprint density at radius 2 is 2.04 bits per heavy atom. The number of hydrogen-bond donors (Lipinski definition) is 0. The fourth-order valence-electron chi connectivity index (χ4n) is 6.41. The molecule has 5 atom stereocenters. The molecule has 1 saturated heterocycles. The van der Waals surface area contributed by atoms with Gasteiger partial charge in [0.1, 0.15) is 6.10 Å². The molecule has 2 fully saturated rings. The lowest BCUT2D eigenvalue weighted by atomic mass is 9.51. The number of hydrogen-bond acceptors (Lipinski definition) is 4. The second kappa shape index (κ2) is 5.49. The molecular formula is C21H31NO3Si. The molecule has 142 valence electrons. The van der Waals surface area contributed by atoms with Crippen LogP contribution in [0.3, 0.4) is 0 Å². The van der Waals surface area contributed by atoms with Crippen LogP contribution in [0.2, 0.25) is 19.6 Å². The summed E-state index contributed by atoms with van der Waals surface area (Å²) < 4.78 is 19.1. The van der Waals surface area contributed by atoms with E-state index < -0.39 is 8.32 Å². The molecule has 0 aromatic heterocycles. The van der Waals surface area contributed by atoms with Crippen LogP contribution in [0.1, 0.15) is 30.4 Å². The summed E-state index contributed by atoms with van der Waals surface area (Å²) in [7, 11) is 2.44. The molecule has 4 aliphatic rings. The highest BCUT2D eigenvalue weighted by atomic mass is 28.4. The molecule has 2 heterocycles. The smallest absolute Gasteiger partial charge is 0.184 e. The molecule has 0 amide bonds. The fraction of sp³-hybridized carbons (Fsp3) is 0.714. The number of nitrogens with zero attached hydrogens (tertiary/aromatic N) is 1. The maximum Gasteiger partial charge on any atom is 0.184 e. The SMILES string of the molecule is COc1ccc2c3c1OC1C(O[Si](C)(C)C)CCC4C(C2)N(C)CCC341. The van der Waals surface area contributed by atoms with Gasteiger partial charge in [-0.05, 0) is 76.5 Å². The van der Waals surface area contributed by atoms with Gasteiger partial charge >= 0.3 is 0 Å². The Kier molecular flexibility index (Phi) is 3.61. The van der Waals surface area contributed by atoms with Crippen molar-refractivity contribution >= 4 is 8.32 Å². The van der Waals surface area contributed by atoms with Gasteiger partial charge < -0.3 is 18.8 Å². The van der Waals surface area contributed by atoms with E-state index >= 15 is 0 Å². The van der Waals surface area contributed by atoms with Crippen LogP contribution in [-0.4, -0.2) is 52.2 Å². The first-order valence-electron chi connectivity index (χ1n) is 10.1. The van der Waals surface area contributed by atoms with Crippen LogP contribution in [0.5, 0.6) is 11.5 Å². The van der Waals surface area contributed by atoms with E-state index in [0.717, 1.165) is 30.9 Å². The summed E-state index contributed by atoms with van der Waals surface area (Å²) in [5, 5.41) is 0. The van der Waals surface area contributed by atoms with Gasteiger partial charge in [0.15, 0.2) is 19.8 Å². The zero-order valence-corrected chi connectivity index (χ0v) is 17.7. The van der Waals surface area contributed by atoms with Crippen LogP contribution in [0, 0.1) is 5.92 Å². The highest BCUT2D eigenvalue weighted by molar-refractivity contribution is 6.69. The summed E-state index contributed by atoms with van der Waals surface area (Å²) in [4.78, 5) is 2.60.